The van der Waals surface area contributed by atoms with Crippen LogP contribution in [0.3, 0.4) is 0 Å². The second-order valence-corrected chi connectivity index (χ2v) is 4.24. The summed E-state index contributed by atoms with van der Waals surface area (Å²) in [4.78, 5) is 3.43. The summed E-state index contributed by atoms with van der Waals surface area (Å²) in [5.41, 5.74) is 3.94. The molecular formula is C12H11ClCmN-. The van der Waals surface area contributed by atoms with Crippen LogP contribution < -0.4 is 0 Å². The van der Waals surface area contributed by atoms with Crippen LogP contribution in [0.25, 0.3) is 10.9 Å². The molecule has 1 N–H and O–H groups in total. The van der Waals surface area contributed by atoms with Crippen LogP contribution >= 0.6 is 11.6 Å². The van der Waals surface area contributed by atoms with Crippen LogP contribution in [-0.2, 0) is 6.42 Å². The molecule has 0 bridgehead atoms. The van der Waals surface area contributed by atoms with E-state index < -0.39 is 0 Å². The molecule has 0 atom stereocenters. The van der Waals surface area contributed by atoms with Gasteiger partial charge in [0.1, 0.15) is 0 Å². The number of benzene rings is 1. The molecule has 1 heterocycles. The molecule has 0 spiro atoms. The summed E-state index contributed by atoms with van der Waals surface area (Å²) >= 11 is 5.99. The summed E-state index contributed by atoms with van der Waals surface area (Å²) in [5, 5.41) is 2.12. The molecule has 80 valence electrons. The Labute approximate surface area is 88.1 Å². The molecule has 3 rings (SSSR count). The van der Waals surface area contributed by atoms with Gasteiger partial charge in [-0.1, -0.05) is 35.9 Å². The van der Waals surface area contributed by atoms with E-state index in [1.807, 2.05) is 6.07 Å². The van der Waals surface area contributed by atoms with E-state index in [4.69, 9.17) is 11.6 Å². The fourth-order valence-corrected chi connectivity index (χ4v) is 2.38. The van der Waals surface area contributed by atoms with Gasteiger partial charge in [-0.25, -0.2) is 6.42 Å². The van der Waals surface area contributed by atoms with Crippen LogP contribution in [0.5, 0.6) is 0 Å². The minimum atomic E-state index is 0. The predicted octanol–water partition coefficient (Wildman–Crippen LogP) is 3.71. The Hall–Kier alpha value is -2.08. The Morgan fingerprint density at radius 3 is 3.07 bits per heavy atom. The van der Waals surface area contributed by atoms with Gasteiger partial charge in [-0.2, -0.15) is 5.56 Å². The number of fused-ring (bicyclic) bond motifs is 3. The maximum atomic E-state index is 5.99. The van der Waals surface area contributed by atoms with Gasteiger partial charge in [-0.05, 0) is 12.1 Å². The number of H-pyrrole nitrogens is 1. The molecule has 15 heavy (non-hydrogen) atoms. The first-order valence-electron chi connectivity index (χ1n) is 4.98. The zero-order valence-corrected chi connectivity index (χ0v) is 11.9. The van der Waals surface area contributed by atoms with Crippen LogP contribution in [0.4, 0.5) is 0 Å². The molecule has 0 radical (unpaired) electrons. The van der Waals surface area contributed by atoms with Crippen molar-refractivity contribution in [2.45, 2.75) is 19.3 Å². The van der Waals surface area contributed by atoms with Crippen molar-refractivity contribution >= 4 is 22.5 Å². The minimum absolute atomic E-state index is 0. The first-order chi connectivity index (χ1) is 6.84. The number of hydrogen-bond donors (Lipinski definition) is 1. The molecule has 0 aliphatic heterocycles. The average Bonchev–Trinajstić information content (AvgIpc) is 2.56. The molecule has 1 aromatic carbocycles. The van der Waals surface area contributed by atoms with Crippen LogP contribution in [0.2, 0.25) is 5.02 Å². The van der Waals surface area contributed by atoms with Crippen molar-refractivity contribution in [3.63, 3.8) is 0 Å². The van der Waals surface area contributed by atoms with E-state index in [0.29, 0.717) is 0 Å². The third-order valence-electron chi connectivity index (χ3n) is 2.88. The van der Waals surface area contributed by atoms with E-state index in [1.54, 1.807) is 0 Å². The van der Waals surface area contributed by atoms with Crippen molar-refractivity contribution in [1.82, 2.24) is 4.98 Å². The Kier molecular flexibility index (Phi) is 2.05. The number of aromatic amines is 1. The van der Waals surface area contributed by atoms with E-state index in [1.165, 1.54) is 41.4 Å². The normalized spacial score (nSPS) is 14.2. The van der Waals surface area contributed by atoms with Gasteiger partial charge in [0.2, 0.25) is 0 Å². The summed E-state index contributed by atoms with van der Waals surface area (Å²) in [7, 11) is 0. The van der Waals surface area contributed by atoms with E-state index in [2.05, 4.69) is 23.5 Å². The third kappa shape index (κ3) is 1.31. The maximum Gasteiger partial charge on any atom is 0.0398 e. The number of aromatic nitrogens is 1. The first-order valence-corrected chi connectivity index (χ1v) is 5.36. The van der Waals surface area contributed by atoms with Gasteiger partial charge in [-0.15, -0.1) is 12.1 Å². The van der Waals surface area contributed by atoms with E-state index in [0.717, 1.165) is 5.02 Å². The molecule has 0 saturated carbocycles. The van der Waals surface area contributed by atoms with Gasteiger partial charge in [0.25, 0.3) is 0 Å². The third-order valence-corrected chi connectivity index (χ3v) is 3.12. The molecule has 0 fully saturated rings. The number of rotatable bonds is 0. The van der Waals surface area contributed by atoms with Gasteiger partial charge in [0, 0.05) is 10.5 Å². The van der Waals surface area contributed by atoms with Crippen LogP contribution in [0.15, 0.2) is 18.2 Å². The molecule has 1 nitrogen and oxygen atoms in total. The van der Waals surface area contributed by atoms with Crippen molar-refractivity contribution < 1.29 is 0 Å². The molecule has 1 aliphatic carbocycles. The van der Waals surface area contributed by atoms with Crippen molar-refractivity contribution in [2.24, 2.45) is 0 Å². The van der Waals surface area contributed by atoms with Crippen molar-refractivity contribution in [1.29, 1.82) is 0 Å². The van der Waals surface area contributed by atoms with Crippen LogP contribution in [0.1, 0.15) is 24.1 Å². The maximum absolute atomic E-state index is 5.99. The van der Waals surface area contributed by atoms with Crippen LogP contribution in [-0.4, -0.2) is 4.98 Å². The first kappa shape index (κ1) is 9.47. The van der Waals surface area contributed by atoms with Gasteiger partial charge in [0.15, 0.2) is 0 Å². The Morgan fingerprint density at radius 2 is 2.20 bits per heavy atom. The quantitative estimate of drug-likeness (QED) is 0.588. The summed E-state index contributed by atoms with van der Waals surface area (Å²) in [6.07, 6.45) is 5.90. The minimum Gasteiger partial charge on any atom is -0.390 e. The monoisotopic (exact) mass is 447 g/mol. The number of halogens is 1. The number of hydrogen-bond acceptors (Lipinski definition) is 0. The smallest absolute Gasteiger partial charge is 0.0398 e. The summed E-state index contributed by atoms with van der Waals surface area (Å²) in [5.74, 6) is 0. The fourth-order valence-electron chi connectivity index (χ4n) is 2.21. The molecule has 0 saturated heterocycles. The van der Waals surface area contributed by atoms with Crippen molar-refractivity contribution in [2.75, 3.05) is 0 Å². The molecule has 0 unspecified atom stereocenters. The fraction of sp³-hybridized carbons (Fsp3) is 0.250. The summed E-state index contributed by atoms with van der Waals surface area (Å²) < 4.78 is 0. The Balaban J connectivity index is 0.000000853. The Bertz CT molecular complexity index is 490. The summed E-state index contributed by atoms with van der Waals surface area (Å²) in [6.45, 7) is 0. The molecule has 0 amide bonds. The molecule has 1 aromatic heterocycles. The summed E-state index contributed by atoms with van der Waals surface area (Å²) in [6, 6.07) is 6.06. The predicted molar refractivity (Wildman–Crippen MR) is 59.6 cm³/mol. The second-order valence-electron chi connectivity index (χ2n) is 3.80. The van der Waals surface area contributed by atoms with Crippen molar-refractivity contribution in [3.8, 4) is 0 Å². The number of aryl methyl sites for hydroxylation is 1. The second kappa shape index (κ2) is 3.25. The molecule has 3 heteroatoms. The number of nitrogens with one attached hydrogen (secondary N) is 1. The SMILES string of the molecule is Clc1ccc2[nH]c3c(c2c1)CCC[CH-]3.[Cm]. The molecule has 1 aliphatic rings. The zero-order valence-electron chi connectivity index (χ0n) is 8.16. The average molecular weight is 452 g/mol. The van der Waals surface area contributed by atoms with Crippen molar-refractivity contribution in [3.05, 3.63) is 40.9 Å². The standard InChI is InChI=1S/C12H11ClN.Cm/c13-8-5-6-12-10(7-8)9-3-1-2-4-11(9)14-12;/h4-7,14H,1-3H2;/q-1;. The topological polar surface area (TPSA) is 15.8 Å². The van der Waals surface area contributed by atoms with Gasteiger partial charge in [-0.3, -0.25) is 0 Å². The van der Waals surface area contributed by atoms with Gasteiger partial charge in [0.05, 0.1) is 0 Å². The van der Waals surface area contributed by atoms with E-state index >= 15 is 0 Å². The largest absolute Gasteiger partial charge is 0.390 e. The van der Waals surface area contributed by atoms with Crippen LogP contribution in [0, 0.1) is 6.42 Å². The van der Waals surface area contributed by atoms with E-state index in [9.17, 15) is 0 Å². The van der Waals surface area contributed by atoms with E-state index in [-0.39, 0.29) is 0 Å². The van der Waals surface area contributed by atoms with Gasteiger partial charge >= 0.3 is 0 Å². The molecule has 2 aromatic rings. The molecular weight excluding hydrogens is 441 g/mol. The Morgan fingerprint density at radius 1 is 1.33 bits per heavy atom. The van der Waals surface area contributed by atoms with Gasteiger partial charge < -0.3 is 4.98 Å². The zero-order chi connectivity index (χ0) is 9.54.